The van der Waals surface area contributed by atoms with Crippen molar-refractivity contribution < 1.29 is 9.47 Å². The van der Waals surface area contributed by atoms with Gasteiger partial charge in [-0.2, -0.15) is 0 Å². The van der Waals surface area contributed by atoms with Crippen LogP contribution in [0, 0.1) is 0 Å². The predicted molar refractivity (Wildman–Crippen MR) is 89.2 cm³/mol. The van der Waals surface area contributed by atoms with Crippen LogP contribution >= 0.6 is 15.9 Å². The van der Waals surface area contributed by atoms with Crippen LogP contribution in [0.4, 0.5) is 0 Å². The average molecular weight is 357 g/mol. The maximum atomic E-state index is 5.35. The van der Waals surface area contributed by atoms with E-state index in [1.54, 1.807) is 14.2 Å². The van der Waals surface area contributed by atoms with Gasteiger partial charge in [0, 0.05) is 11.0 Å². The number of benzene rings is 1. The number of rotatable bonds is 8. The van der Waals surface area contributed by atoms with Crippen LogP contribution in [0.3, 0.4) is 0 Å². The highest BCUT2D eigenvalue weighted by Crippen LogP contribution is 2.33. The first-order valence-electron chi connectivity index (χ1n) is 7.58. The van der Waals surface area contributed by atoms with Crippen LogP contribution in [0.2, 0.25) is 0 Å². The minimum absolute atomic E-state index is 0.752. The highest BCUT2D eigenvalue weighted by Gasteiger charge is 2.11. The molecular formula is C16H25BrN2O2. The zero-order chi connectivity index (χ0) is 15.1. The summed E-state index contributed by atoms with van der Waals surface area (Å²) in [6.45, 7) is 5.64. The first-order chi connectivity index (χ1) is 10.2. The lowest BCUT2D eigenvalue weighted by molar-refractivity contribution is 0.331. The SMILES string of the molecule is COc1cc(Br)c(CNCCCN2CCCC2)cc1OC. The molecule has 5 heteroatoms. The number of nitrogens with one attached hydrogen (secondary N) is 1. The molecule has 0 bridgehead atoms. The number of hydrogen-bond donors (Lipinski definition) is 1. The topological polar surface area (TPSA) is 33.7 Å². The van der Waals surface area contributed by atoms with Gasteiger partial charge in [-0.15, -0.1) is 0 Å². The molecule has 1 heterocycles. The third-order valence-corrected chi connectivity index (χ3v) is 4.63. The monoisotopic (exact) mass is 356 g/mol. The first-order valence-corrected chi connectivity index (χ1v) is 8.37. The average Bonchev–Trinajstić information content (AvgIpc) is 3.01. The lowest BCUT2D eigenvalue weighted by Gasteiger charge is -2.15. The van der Waals surface area contributed by atoms with Crippen molar-refractivity contribution in [3.63, 3.8) is 0 Å². The first kappa shape index (κ1) is 16.6. The fourth-order valence-corrected chi connectivity index (χ4v) is 3.15. The zero-order valence-electron chi connectivity index (χ0n) is 13.0. The minimum atomic E-state index is 0.752. The summed E-state index contributed by atoms with van der Waals surface area (Å²) in [6.07, 6.45) is 3.93. The molecule has 1 fully saturated rings. The fraction of sp³-hybridized carbons (Fsp3) is 0.625. The second kappa shape index (κ2) is 8.61. The van der Waals surface area contributed by atoms with Crippen LogP contribution in [0.25, 0.3) is 0 Å². The maximum absolute atomic E-state index is 5.35. The van der Waals surface area contributed by atoms with Crippen molar-refractivity contribution in [2.75, 3.05) is 40.4 Å². The van der Waals surface area contributed by atoms with Crippen LogP contribution < -0.4 is 14.8 Å². The van der Waals surface area contributed by atoms with E-state index in [0.717, 1.165) is 29.1 Å². The van der Waals surface area contributed by atoms with E-state index < -0.39 is 0 Å². The summed E-state index contributed by atoms with van der Waals surface area (Å²) in [4.78, 5) is 2.55. The Labute approximate surface area is 135 Å². The highest BCUT2D eigenvalue weighted by atomic mass is 79.9. The van der Waals surface area contributed by atoms with Crippen LogP contribution in [-0.4, -0.2) is 45.3 Å². The van der Waals surface area contributed by atoms with E-state index in [1.165, 1.54) is 44.5 Å². The summed E-state index contributed by atoms with van der Waals surface area (Å²) in [7, 11) is 3.32. The lowest BCUT2D eigenvalue weighted by Crippen LogP contribution is -2.24. The van der Waals surface area contributed by atoms with E-state index in [1.807, 2.05) is 12.1 Å². The zero-order valence-corrected chi connectivity index (χ0v) is 14.5. The standard InChI is InChI=1S/C16H25BrN2O2/c1-20-15-10-13(14(17)11-16(15)21-2)12-18-6-5-9-19-7-3-4-8-19/h10-11,18H,3-9,12H2,1-2H3. The van der Waals surface area contributed by atoms with E-state index in [-0.39, 0.29) is 0 Å². The van der Waals surface area contributed by atoms with E-state index in [9.17, 15) is 0 Å². The molecule has 1 saturated heterocycles. The molecule has 118 valence electrons. The molecule has 4 nitrogen and oxygen atoms in total. The highest BCUT2D eigenvalue weighted by molar-refractivity contribution is 9.10. The molecule has 1 aromatic rings. The Morgan fingerprint density at radius 1 is 1.14 bits per heavy atom. The Hall–Kier alpha value is -0.780. The number of hydrogen-bond acceptors (Lipinski definition) is 4. The summed E-state index contributed by atoms with van der Waals surface area (Å²) < 4.78 is 11.7. The van der Waals surface area contributed by atoms with E-state index in [0.29, 0.717) is 0 Å². The van der Waals surface area contributed by atoms with Crippen LogP contribution in [-0.2, 0) is 6.54 Å². The van der Waals surface area contributed by atoms with Gasteiger partial charge in [0.05, 0.1) is 14.2 Å². The normalized spacial score (nSPS) is 15.4. The summed E-state index contributed by atoms with van der Waals surface area (Å²) >= 11 is 3.59. The molecule has 0 saturated carbocycles. The molecule has 0 atom stereocenters. The Balaban J connectivity index is 1.76. The number of ether oxygens (including phenoxy) is 2. The van der Waals surface area contributed by atoms with Crippen molar-refractivity contribution in [2.24, 2.45) is 0 Å². The van der Waals surface area contributed by atoms with Gasteiger partial charge in [0.1, 0.15) is 0 Å². The van der Waals surface area contributed by atoms with Gasteiger partial charge in [-0.25, -0.2) is 0 Å². The molecule has 0 spiro atoms. The van der Waals surface area contributed by atoms with E-state index in [2.05, 4.69) is 26.1 Å². The Kier molecular flexibility index (Phi) is 6.80. The molecule has 21 heavy (non-hydrogen) atoms. The van der Waals surface area contributed by atoms with Gasteiger partial charge in [0.2, 0.25) is 0 Å². The Bertz CT molecular complexity index is 448. The maximum Gasteiger partial charge on any atom is 0.161 e. The molecule has 1 aliphatic rings. The van der Waals surface area contributed by atoms with Gasteiger partial charge >= 0.3 is 0 Å². The van der Waals surface area contributed by atoms with Crippen molar-refractivity contribution in [2.45, 2.75) is 25.8 Å². The summed E-state index contributed by atoms with van der Waals surface area (Å²) in [5.41, 5.74) is 1.19. The quantitative estimate of drug-likeness (QED) is 0.725. The van der Waals surface area contributed by atoms with Crippen molar-refractivity contribution in [1.29, 1.82) is 0 Å². The van der Waals surface area contributed by atoms with Crippen molar-refractivity contribution in [3.05, 3.63) is 22.2 Å². The van der Waals surface area contributed by atoms with Gasteiger partial charge in [-0.1, -0.05) is 15.9 Å². The third kappa shape index (κ3) is 4.87. The molecule has 0 aromatic heterocycles. The van der Waals surface area contributed by atoms with Gasteiger partial charge < -0.3 is 19.7 Å². The van der Waals surface area contributed by atoms with Crippen molar-refractivity contribution >= 4 is 15.9 Å². The van der Waals surface area contributed by atoms with Crippen LogP contribution in [0.1, 0.15) is 24.8 Å². The molecular weight excluding hydrogens is 332 g/mol. The molecule has 1 aromatic carbocycles. The molecule has 0 aliphatic carbocycles. The molecule has 0 unspecified atom stereocenters. The molecule has 0 radical (unpaired) electrons. The van der Waals surface area contributed by atoms with Crippen molar-refractivity contribution in [3.8, 4) is 11.5 Å². The van der Waals surface area contributed by atoms with E-state index >= 15 is 0 Å². The van der Waals surface area contributed by atoms with Gasteiger partial charge in [-0.05, 0) is 63.1 Å². The number of likely N-dealkylation sites (tertiary alicyclic amines) is 1. The smallest absolute Gasteiger partial charge is 0.161 e. The molecule has 1 N–H and O–H groups in total. The Morgan fingerprint density at radius 3 is 2.48 bits per heavy atom. The number of methoxy groups -OCH3 is 2. The number of halogens is 1. The summed E-state index contributed by atoms with van der Waals surface area (Å²) in [6, 6.07) is 3.98. The van der Waals surface area contributed by atoms with Crippen LogP contribution in [0.5, 0.6) is 11.5 Å². The summed E-state index contributed by atoms with van der Waals surface area (Å²) in [5.74, 6) is 1.52. The second-order valence-corrected chi connectivity index (χ2v) is 6.23. The predicted octanol–water partition coefficient (Wildman–Crippen LogP) is 3.04. The largest absolute Gasteiger partial charge is 0.493 e. The van der Waals surface area contributed by atoms with E-state index in [4.69, 9.17) is 9.47 Å². The minimum Gasteiger partial charge on any atom is -0.493 e. The van der Waals surface area contributed by atoms with Crippen LogP contribution in [0.15, 0.2) is 16.6 Å². The molecule has 1 aliphatic heterocycles. The third-order valence-electron chi connectivity index (χ3n) is 3.89. The van der Waals surface area contributed by atoms with Gasteiger partial charge in [0.25, 0.3) is 0 Å². The lowest BCUT2D eigenvalue weighted by atomic mass is 10.2. The Morgan fingerprint density at radius 2 is 1.81 bits per heavy atom. The van der Waals surface area contributed by atoms with Crippen molar-refractivity contribution in [1.82, 2.24) is 10.2 Å². The fourth-order valence-electron chi connectivity index (χ4n) is 2.69. The summed E-state index contributed by atoms with van der Waals surface area (Å²) in [5, 5.41) is 3.50. The second-order valence-electron chi connectivity index (χ2n) is 5.38. The van der Waals surface area contributed by atoms with Gasteiger partial charge in [0.15, 0.2) is 11.5 Å². The van der Waals surface area contributed by atoms with Gasteiger partial charge in [-0.3, -0.25) is 0 Å². The molecule has 2 rings (SSSR count). The molecule has 0 amide bonds. The number of nitrogens with zero attached hydrogens (tertiary/aromatic N) is 1.